The molecular weight excluding hydrogens is 312 g/mol. The van der Waals surface area contributed by atoms with E-state index in [0.717, 1.165) is 10.9 Å². The number of hydrogen-bond donors (Lipinski definition) is 0. The Morgan fingerprint density at radius 1 is 1.33 bits per heavy atom. The Balaban J connectivity index is 2.33. The number of para-hydroxylation sites is 1. The summed E-state index contributed by atoms with van der Waals surface area (Å²) in [5.41, 5.74) is 0.620. The van der Waals surface area contributed by atoms with Crippen molar-refractivity contribution in [3.05, 3.63) is 50.6 Å². The molecular formula is C14H13BrO2S. The Morgan fingerprint density at radius 3 is 2.78 bits per heavy atom. The fraction of sp³-hybridized carbons (Fsp3) is 0.214. The number of hydrogen-bond acceptors (Lipinski definition) is 3. The normalized spacial score (nSPS) is 10.3. The third-order valence-electron chi connectivity index (χ3n) is 2.42. The first-order chi connectivity index (χ1) is 8.74. The Hall–Kier alpha value is -1.13. The number of rotatable bonds is 5. The van der Waals surface area contributed by atoms with Gasteiger partial charge in [0.25, 0.3) is 0 Å². The van der Waals surface area contributed by atoms with Gasteiger partial charge in [-0.15, -0.1) is 11.3 Å². The lowest BCUT2D eigenvalue weighted by Crippen LogP contribution is -2.05. The van der Waals surface area contributed by atoms with Crippen LogP contribution in [0.15, 0.2) is 40.2 Å². The molecule has 2 rings (SSSR count). The summed E-state index contributed by atoms with van der Waals surface area (Å²) in [6, 6.07) is 9.26. The van der Waals surface area contributed by atoms with Crippen molar-refractivity contribution in [2.45, 2.75) is 13.3 Å². The van der Waals surface area contributed by atoms with Crippen LogP contribution in [0, 0.1) is 0 Å². The smallest absolute Gasteiger partial charge is 0.207 e. The van der Waals surface area contributed by atoms with E-state index in [-0.39, 0.29) is 5.78 Å². The van der Waals surface area contributed by atoms with Crippen LogP contribution in [0.25, 0.3) is 0 Å². The maximum absolute atomic E-state index is 12.4. The SMILES string of the molecule is CCCOc1ccccc1C(=O)c1sccc1Br. The zero-order valence-corrected chi connectivity index (χ0v) is 12.4. The molecule has 0 spiro atoms. The van der Waals surface area contributed by atoms with Gasteiger partial charge in [0.15, 0.2) is 0 Å². The second-order valence-corrected chi connectivity index (χ2v) is 5.54. The highest BCUT2D eigenvalue weighted by atomic mass is 79.9. The molecule has 4 heteroatoms. The zero-order valence-electron chi connectivity index (χ0n) is 9.98. The van der Waals surface area contributed by atoms with Gasteiger partial charge >= 0.3 is 0 Å². The van der Waals surface area contributed by atoms with Crippen LogP contribution in [0.4, 0.5) is 0 Å². The fourth-order valence-corrected chi connectivity index (χ4v) is 3.08. The van der Waals surface area contributed by atoms with Gasteiger partial charge in [0, 0.05) is 4.47 Å². The van der Waals surface area contributed by atoms with Crippen molar-refractivity contribution in [3.63, 3.8) is 0 Å². The molecule has 0 amide bonds. The van der Waals surface area contributed by atoms with Gasteiger partial charge in [-0.1, -0.05) is 19.1 Å². The van der Waals surface area contributed by atoms with Crippen molar-refractivity contribution in [1.82, 2.24) is 0 Å². The third-order valence-corrected chi connectivity index (χ3v) is 4.25. The summed E-state index contributed by atoms with van der Waals surface area (Å²) in [6.07, 6.45) is 0.922. The van der Waals surface area contributed by atoms with Gasteiger partial charge < -0.3 is 4.74 Å². The van der Waals surface area contributed by atoms with Gasteiger partial charge in [0.1, 0.15) is 5.75 Å². The van der Waals surface area contributed by atoms with Crippen molar-refractivity contribution in [2.75, 3.05) is 6.61 Å². The predicted octanol–water partition coefficient (Wildman–Crippen LogP) is 4.53. The molecule has 1 aromatic heterocycles. The molecule has 0 aliphatic heterocycles. The predicted molar refractivity (Wildman–Crippen MR) is 77.7 cm³/mol. The molecule has 0 radical (unpaired) electrons. The largest absolute Gasteiger partial charge is 0.493 e. The van der Waals surface area contributed by atoms with Crippen molar-refractivity contribution >= 4 is 33.0 Å². The minimum atomic E-state index is 0.00331. The van der Waals surface area contributed by atoms with Crippen LogP contribution in [0.1, 0.15) is 28.6 Å². The van der Waals surface area contributed by atoms with Crippen molar-refractivity contribution in [2.24, 2.45) is 0 Å². The quantitative estimate of drug-likeness (QED) is 0.755. The second-order valence-electron chi connectivity index (χ2n) is 3.77. The lowest BCUT2D eigenvalue weighted by Gasteiger charge is -2.09. The van der Waals surface area contributed by atoms with Gasteiger partial charge in [-0.05, 0) is 45.9 Å². The molecule has 0 aliphatic carbocycles. The highest BCUT2D eigenvalue weighted by Crippen LogP contribution is 2.29. The number of thiophene rings is 1. The van der Waals surface area contributed by atoms with E-state index in [0.29, 0.717) is 22.8 Å². The first kappa shape index (κ1) is 13.3. The monoisotopic (exact) mass is 324 g/mol. The lowest BCUT2D eigenvalue weighted by atomic mass is 10.1. The van der Waals surface area contributed by atoms with Gasteiger partial charge in [0.05, 0.1) is 17.0 Å². The van der Waals surface area contributed by atoms with Gasteiger partial charge in [-0.2, -0.15) is 0 Å². The van der Waals surface area contributed by atoms with Gasteiger partial charge in [0.2, 0.25) is 5.78 Å². The number of ether oxygens (including phenoxy) is 1. The first-order valence-electron chi connectivity index (χ1n) is 5.73. The molecule has 0 N–H and O–H groups in total. The van der Waals surface area contributed by atoms with Gasteiger partial charge in [-0.25, -0.2) is 0 Å². The molecule has 2 aromatic rings. The van der Waals surface area contributed by atoms with E-state index in [4.69, 9.17) is 4.74 Å². The molecule has 0 saturated heterocycles. The van der Waals surface area contributed by atoms with Crippen molar-refractivity contribution < 1.29 is 9.53 Å². The Labute approximate surface area is 119 Å². The Bertz CT molecular complexity index is 548. The number of carbonyl (C=O) groups is 1. The summed E-state index contributed by atoms with van der Waals surface area (Å²) in [7, 11) is 0. The zero-order chi connectivity index (χ0) is 13.0. The third kappa shape index (κ3) is 2.82. The molecule has 2 nitrogen and oxygen atoms in total. The van der Waals surface area contributed by atoms with Crippen LogP contribution < -0.4 is 4.74 Å². The van der Waals surface area contributed by atoms with E-state index in [1.165, 1.54) is 11.3 Å². The molecule has 0 fully saturated rings. The molecule has 1 aromatic carbocycles. The first-order valence-corrected chi connectivity index (χ1v) is 7.40. The van der Waals surface area contributed by atoms with Crippen LogP contribution in [-0.2, 0) is 0 Å². The number of benzene rings is 1. The van der Waals surface area contributed by atoms with Gasteiger partial charge in [-0.3, -0.25) is 4.79 Å². The minimum absolute atomic E-state index is 0.00331. The Kier molecular flexibility index (Phi) is 4.55. The van der Waals surface area contributed by atoms with E-state index in [9.17, 15) is 4.79 Å². The average molecular weight is 325 g/mol. The standard InChI is InChI=1S/C14H13BrO2S/c1-2-8-17-12-6-4-3-5-10(12)13(16)14-11(15)7-9-18-14/h3-7,9H,2,8H2,1H3. The summed E-state index contributed by atoms with van der Waals surface area (Å²) in [4.78, 5) is 13.1. The average Bonchev–Trinajstić information content (AvgIpc) is 2.82. The highest BCUT2D eigenvalue weighted by Gasteiger charge is 2.17. The summed E-state index contributed by atoms with van der Waals surface area (Å²) in [5.74, 6) is 0.660. The highest BCUT2D eigenvalue weighted by molar-refractivity contribution is 9.10. The maximum atomic E-state index is 12.4. The number of halogens is 1. The van der Waals surface area contributed by atoms with Crippen LogP contribution in [0.5, 0.6) is 5.75 Å². The van der Waals surface area contributed by atoms with E-state index in [2.05, 4.69) is 15.9 Å². The Morgan fingerprint density at radius 2 is 2.11 bits per heavy atom. The van der Waals surface area contributed by atoms with E-state index < -0.39 is 0 Å². The molecule has 18 heavy (non-hydrogen) atoms. The summed E-state index contributed by atoms with van der Waals surface area (Å²) in [5, 5.41) is 1.90. The molecule has 0 atom stereocenters. The van der Waals surface area contributed by atoms with Crippen molar-refractivity contribution in [1.29, 1.82) is 0 Å². The molecule has 0 bridgehead atoms. The van der Waals surface area contributed by atoms with E-state index in [1.54, 1.807) is 6.07 Å². The summed E-state index contributed by atoms with van der Waals surface area (Å²) in [6.45, 7) is 2.66. The molecule has 1 heterocycles. The summed E-state index contributed by atoms with van der Waals surface area (Å²) < 4.78 is 6.45. The second kappa shape index (κ2) is 6.16. The van der Waals surface area contributed by atoms with Crippen molar-refractivity contribution in [3.8, 4) is 5.75 Å². The van der Waals surface area contributed by atoms with Crippen LogP contribution >= 0.6 is 27.3 Å². The van der Waals surface area contributed by atoms with E-state index >= 15 is 0 Å². The van der Waals surface area contributed by atoms with Crippen LogP contribution in [0.2, 0.25) is 0 Å². The topological polar surface area (TPSA) is 26.3 Å². The fourth-order valence-electron chi connectivity index (χ4n) is 1.57. The van der Waals surface area contributed by atoms with Crippen LogP contribution in [0.3, 0.4) is 0 Å². The molecule has 0 aliphatic rings. The molecule has 94 valence electrons. The minimum Gasteiger partial charge on any atom is -0.493 e. The molecule has 0 unspecified atom stereocenters. The lowest BCUT2D eigenvalue weighted by molar-refractivity contribution is 0.103. The number of ketones is 1. The molecule has 0 saturated carbocycles. The maximum Gasteiger partial charge on any atom is 0.207 e. The number of carbonyl (C=O) groups excluding carboxylic acids is 1. The summed E-state index contributed by atoms with van der Waals surface area (Å²) >= 11 is 4.82. The van der Waals surface area contributed by atoms with Crippen LogP contribution in [-0.4, -0.2) is 12.4 Å². The van der Waals surface area contributed by atoms with E-state index in [1.807, 2.05) is 36.6 Å².